The lowest BCUT2D eigenvalue weighted by Crippen LogP contribution is -2.04. The summed E-state index contributed by atoms with van der Waals surface area (Å²) in [5.74, 6) is -0.778. The van der Waals surface area contributed by atoms with E-state index >= 15 is 0 Å². The van der Waals surface area contributed by atoms with Crippen molar-refractivity contribution in [3.05, 3.63) is 51.2 Å². The van der Waals surface area contributed by atoms with Crippen LogP contribution in [0.3, 0.4) is 0 Å². The second kappa shape index (κ2) is 6.34. The molecule has 0 bridgehead atoms. The van der Waals surface area contributed by atoms with Gasteiger partial charge in [0.15, 0.2) is 11.6 Å². The lowest BCUT2D eigenvalue weighted by Gasteiger charge is -2.12. The topological polar surface area (TPSA) is 18.5 Å². The fourth-order valence-electron chi connectivity index (χ4n) is 1.62. The highest BCUT2D eigenvalue weighted by Gasteiger charge is 2.31. The average molecular weight is 400 g/mol. The number of rotatable bonds is 3. The Bertz CT molecular complexity index is 704. The Morgan fingerprint density at radius 1 is 1.05 bits per heavy atom. The minimum atomic E-state index is -4.52. The van der Waals surface area contributed by atoms with Crippen LogP contribution in [0.25, 0.3) is 0 Å². The van der Waals surface area contributed by atoms with Crippen molar-refractivity contribution in [3.63, 3.8) is 0 Å². The smallest absolute Gasteiger partial charge is 0.416 e. The molecule has 8 heteroatoms. The standard InChI is InChI=1S/C14H8BrClF4O2/c1-21-12-6-10(17)13(5-8(12)15)22-11-3-2-7(4-9(11)16)14(18,19)20/h2-6H,1H3. The van der Waals surface area contributed by atoms with Crippen molar-refractivity contribution in [1.82, 2.24) is 0 Å². The van der Waals surface area contributed by atoms with Gasteiger partial charge in [0, 0.05) is 12.1 Å². The van der Waals surface area contributed by atoms with E-state index in [2.05, 4.69) is 15.9 Å². The van der Waals surface area contributed by atoms with Crippen LogP contribution in [0.4, 0.5) is 17.6 Å². The van der Waals surface area contributed by atoms with E-state index in [4.69, 9.17) is 21.1 Å². The molecule has 0 heterocycles. The lowest BCUT2D eigenvalue weighted by atomic mass is 10.2. The summed E-state index contributed by atoms with van der Waals surface area (Å²) in [7, 11) is 1.37. The first-order chi connectivity index (χ1) is 10.2. The molecule has 0 atom stereocenters. The van der Waals surface area contributed by atoms with E-state index in [1.807, 2.05) is 0 Å². The van der Waals surface area contributed by atoms with Gasteiger partial charge in [0.2, 0.25) is 0 Å². The second-order valence-corrected chi connectivity index (χ2v) is 5.42. The van der Waals surface area contributed by atoms with E-state index in [-0.39, 0.29) is 22.3 Å². The van der Waals surface area contributed by atoms with Crippen molar-refractivity contribution in [2.24, 2.45) is 0 Å². The first-order valence-electron chi connectivity index (χ1n) is 5.80. The van der Waals surface area contributed by atoms with Gasteiger partial charge in [-0.05, 0) is 34.1 Å². The third kappa shape index (κ3) is 3.64. The van der Waals surface area contributed by atoms with Gasteiger partial charge in [-0.25, -0.2) is 4.39 Å². The highest BCUT2D eigenvalue weighted by molar-refractivity contribution is 9.10. The predicted octanol–water partition coefficient (Wildman–Crippen LogP) is 6.06. The summed E-state index contributed by atoms with van der Waals surface area (Å²) in [6.45, 7) is 0. The van der Waals surface area contributed by atoms with Crippen molar-refractivity contribution in [2.75, 3.05) is 7.11 Å². The van der Waals surface area contributed by atoms with E-state index in [0.717, 1.165) is 18.2 Å². The monoisotopic (exact) mass is 398 g/mol. The minimum absolute atomic E-state index is 0.0920. The van der Waals surface area contributed by atoms with Crippen molar-refractivity contribution in [2.45, 2.75) is 6.18 Å². The summed E-state index contributed by atoms with van der Waals surface area (Å²) in [6, 6.07) is 4.92. The third-order valence-electron chi connectivity index (χ3n) is 2.69. The third-order valence-corrected chi connectivity index (χ3v) is 3.60. The van der Waals surface area contributed by atoms with Gasteiger partial charge in [0.25, 0.3) is 0 Å². The number of hydrogen-bond donors (Lipinski definition) is 0. The summed E-state index contributed by atoms with van der Waals surface area (Å²) in [4.78, 5) is 0. The molecule has 0 radical (unpaired) electrons. The molecule has 0 fully saturated rings. The molecule has 2 rings (SSSR count). The van der Waals surface area contributed by atoms with Gasteiger partial charge < -0.3 is 9.47 Å². The zero-order valence-corrected chi connectivity index (χ0v) is 13.3. The normalized spacial score (nSPS) is 11.4. The zero-order valence-electron chi connectivity index (χ0n) is 11.0. The summed E-state index contributed by atoms with van der Waals surface area (Å²) in [6.07, 6.45) is -4.52. The van der Waals surface area contributed by atoms with Crippen LogP contribution in [0.15, 0.2) is 34.8 Å². The summed E-state index contributed by atoms with van der Waals surface area (Å²) < 4.78 is 62.1. The number of ether oxygens (including phenoxy) is 2. The lowest BCUT2D eigenvalue weighted by molar-refractivity contribution is -0.137. The quantitative estimate of drug-likeness (QED) is 0.584. The van der Waals surface area contributed by atoms with Gasteiger partial charge >= 0.3 is 6.18 Å². The molecule has 0 aliphatic rings. The largest absolute Gasteiger partial charge is 0.495 e. The maximum atomic E-state index is 13.9. The van der Waals surface area contributed by atoms with Gasteiger partial charge in [-0.3, -0.25) is 0 Å². The van der Waals surface area contributed by atoms with Crippen molar-refractivity contribution < 1.29 is 27.0 Å². The number of hydrogen-bond acceptors (Lipinski definition) is 2. The summed E-state index contributed by atoms with van der Waals surface area (Å²) >= 11 is 8.91. The van der Waals surface area contributed by atoms with Gasteiger partial charge in [-0.2, -0.15) is 13.2 Å². The fourth-order valence-corrected chi connectivity index (χ4v) is 2.33. The number of methoxy groups -OCH3 is 1. The summed E-state index contributed by atoms with van der Waals surface area (Å²) in [5.41, 5.74) is -0.916. The predicted molar refractivity (Wildman–Crippen MR) is 77.2 cm³/mol. The van der Waals surface area contributed by atoms with E-state index in [1.165, 1.54) is 13.2 Å². The Labute approximate surface area is 136 Å². The number of alkyl halides is 3. The van der Waals surface area contributed by atoms with Crippen molar-refractivity contribution in [1.29, 1.82) is 0 Å². The molecule has 118 valence electrons. The molecule has 0 unspecified atom stereocenters. The van der Waals surface area contributed by atoms with Crippen LogP contribution in [0.1, 0.15) is 5.56 Å². The summed E-state index contributed by atoms with van der Waals surface area (Å²) in [5, 5.41) is -0.277. The van der Waals surface area contributed by atoms with Crippen LogP contribution in [0.5, 0.6) is 17.2 Å². The van der Waals surface area contributed by atoms with Crippen molar-refractivity contribution in [3.8, 4) is 17.2 Å². The highest BCUT2D eigenvalue weighted by atomic mass is 79.9. The molecule has 22 heavy (non-hydrogen) atoms. The Morgan fingerprint density at radius 3 is 2.27 bits per heavy atom. The zero-order chi connectivity index (χ0) is 16.5. The van der Waals surface area contributed by atoms with E-state index in [9.17, 15) is 17.6 Å². The van der Waals surface area contributed by atoms with Crippen molar-refractivity contribution >= 4 is 27.5 Å². The van der Waals surface area contributed by atoms with Crippen LogP contribution < -0.4 is 9.47 Å². The van der Waals surface area contributed by atoms with Gasteiger partial charge in [-0.15, -0.1) is 0 Å². The molecule has 0 aliphatic carbocycles. The first-order valence-corrected chi connectivity index (χ1v) is 6.97. The molecular formula is C14H8BrClF4O2. The maximum absolute atomic E-state index is 13.9. The SMILES string of the molecule is COc1cc(F)c(Oc2ccc(C(F)(F)F)cc2Cl)cc1Br. The molecule has 2 aromatic carbocycles. The first kappa shape index (κ1) is 16.9. The Hall–Kier alpha value is -1.47. The molecule has 0 spiro atoms. The Kier molecular flexibility index (Phi) is 4.87. The Balaban J connectivity index is 2.34. The van der Waals surface area contributed by atoms with Crippen LogP contribution in [-0.2, 0) is 6.18 Å². The Morgan fingerprint density at radius 2 is 1.73 bits per heavy atom. The molecule has 0 saturated carbocycles. The van der Waals surface area contributed by atoms with E-state index < -0.39 is 17.6 Å². The highest BCUT2D eigenvalue weighted by Crippen LogP contribution is 2.39. The molecule has 0 saturated heterocycles. The maximum Gasteiger partial charge on any atom is 0.416 e. The minimum Gasteiger partial charge on any atom is -0.495 e. The average Bonchev–Trinajstić information content (AvgIpc) is 2.43. The molecule has 2 aromatic rings. The molecule has 0 N–H and O–H groups in total. The molecular weight excluding hydrogens is 392 g/mol. The van der Waals surface area contributed by atoms with E-state index in [0.29, 0.717) is 10.5 Å². The number of benzene rings is 2. The number of halogens is 6. The molecule has 0 aliphatic heterocycles. The van der Waals surface area contributed by atoms with Crippen LogP contribution >= 0.6 is 27.5 Å². The van der Waals surface area contributed by atoms with Crippen LogP contribution in [0.2, 0.25) is 5.02 Å². The molecule has 0 amide bonds. The second-order valence-electron chi connectivity index (χ2n) is 4.16. The van der Waals surface area contributed by atoms with Gasteiger partial charge in [0.05, 0.1) is 22.2 Å². The fraction of sp³-hybridized carbons (Fsp3) is 0.143. The van der Waals surface area contributed by atoms with Gasteiger partial charge in [-0.1, -0.05) is 11.6 Å². The van der Waals surface area contributed by atoms with Crippen LogP contribution in [0, 0.1) is 5.82 Å². The molecule has 2 nitrogen and oxygen atoms in total. The van der Waals surface area contributed by atoms with Crippen LogP contribution in [-0.4, -0.2) is 7.11 Å². The molecule has 0 aromatic heterocycles. The van der Waals surface area contributed by atoms with E-state index in [1.54, 1.807) is 0 Å². The van der Waals surface area contributed by atoms with Gasteiger partial charge in [0.1, 0.15) is 11.5 Å².